The number of benzene rings is 9. The summed E-state index contributed by atoms with van der Waals surface area (Å²) < 4.78 is 94.5. The largest absolute Gasteiger partial charge is 0.456 e. The van der Waals surface area contributed by atoms with E-state index in [0.29, 0.717) is 33.1 Å². The van der Waals surface area contributed by atoms with Gasteiger partial charge in [0.05, 0.1) is 24.7 Å². The fourth-order valence-corrected chi connectivity index (χ4v) is 8.13. The molecule has 0 bridgehead atoms. The van der Waals surface area contributed by atoms with E-state index in [1.54, 1.807) is 0 Å². The summed E-state index contributed by atoms with van der Waals surface area (Å²) in [5, 5.41) is 7.89. The average molecular weight is 751 g/mol. The van der Waals surface area contributed by atoms with E-state index in [2.05, 4.69) is 88.4 Å². The van der Waals surface area contributed by atoms with Gasteiger partial charge in [-0.3, -0.25) is 0 Å². The first-order chi connectivity index (χ1) is 32.9. The number of hydrogen-bond donors (Lipinski definition) is 0. The Hall–Kier alpha value is -7.89. The van der Waals surface area contributed by atoms with Gasteiger partial charge in [-0.25, -0.2) is 15.0 Å². The molecule has 0 unspecified atom stereocenters. The van der Waals surface area contributed by atoms with Crippen molar-refractivity contribution in [1.82, 2.24) is 19.5 Å². The summed E-state index contributed by atoms with van der Waals surface area (Å²) in [4.78, 5) is 14.1. The van der Waals surface area contributed by atoms with Gasteiger partial charge >= 0.3 is 0 Å². The first-order valence-electron chi connectivity index (χ1n) is 23.7. The van der Waals surface area contributed by atoms with Crippen molar-refractivity contribution in [3.63, 3.8) is 0 Å². The molecule has 0 spiro atoms. The molecule has 9 aromatic carbocycles. The molecular weight excluding hydrogens is 709 g/mol. The summed E-state index contributed by atoms with van der Waals surface area (Å²) in [6.07, 6.45) is 0. The van der Waals surface area contributed by atoms with E-state index in [4.69, 9.17) is 28.1 Å². The predicted molar refractivity (Wildman–Crippen MR) is 238 cm³/mol. The van der Waals surface area contributed by atoms with Crippen LogP contribution in [0.4, 0.5) is 0 Å². The van der Waals surface area contributed by atoms with Crippen molar-refractivity contribution < 1.29 is 18.1 Å². The highest BCUT2D eigenvalue weighted by Gasteiger charge is 2.20. The van der Waals surface area contributed by atoms with Gasteiger partial charge in [-0.05, 0) is 87.3 Å². The molecule has 58 heavy (non-hydrogen) atoms. The van der Waals surface area contributed by atoms with Crippen LogP contribution in [0.5, 0.6) is 0 Å². The van der Waals surface area contributed by atoms with Crippen molar-refractivity contribution in [2.75, 3.05) is 0 Å². The van der Waals surface area contributed by atoms with Crippen molar-refractivity contribution in [1.29, 1.82) is 0 Å². The monoisotopic (exact) mass is 750 g/mol. The van der Waals surface area contributed by atoms with Crippen LogP contribution in [0.15, 0.2) is 198 Å². The fraction of sp³-hybridized carbons (Fsp3) is 0. The Morgan fingerprint density at radius 3 is 1.84 bits per heavy atom. The number of hydrogen-bond acceptors (Lipinski definition) is 4. The maximum Gasteiger partial charge on any atom is 0.164 e. The fourth-order valence-electron chi connectivity index (χ4n) is 8.13. The topological polar surface area (TPSA) is 56.7 Å². The molecule has 5 nitrogen and oxygen atoms in total. The second-order valence-electron chi connectivity index (χ2n) is 14.1. The van der Waals surface area contributed by atoms with Gasteiger partial charge in [0, 0.05) is 43.9 Å². The summed E-state index contributed by atoms with van der Waals surface area (Å²) in [6, 6.07) is 39.0. The van der Waals surface area contributed by atoms with Crippen LogP contribution in [0.25, 0.3) is 116 Å². The number of fused-ring (bicyclic) bond motifs is 8. The Morgan fingerprint density at radius 1 is 0.414 bits per heavy atom. The molecule has 3 aromatic heterocycles. The minimum atomic E-state index is -0.622. The second kappa shape index (κ2) is 12.8. The predicted octanol–water partition coefficient (Wildman–Crippen LogP) is 13.8. The van der Waals surface area contributed by atoms with Gasteiger partial charge in [0.25, 0.3) is 0 Å². The van der Waals surface area contributed by atoms with Crippen LogP contribution < -0.4 is 0 Å². The van der Waals surface area contributed by atoms with Crippen LogP contribution in [-0.2, 0) is 0 Å². The van der Waals surface area contributed by atoms with Crippen molar-refractivity contribution in [2.24, 2.45) is 0 Å². The molecule has 0 radical (unpaired) electrons. The van der Waals surface area contributed by atoms with Gasteiger partial charge in [-0.2, -0.15) is 0 Å². The van der Waals surface area contributed by atoms with Gasteiger partial charge in [0.15, 0.2) is 17.5 Å². The number of nitrogens with zero attached hydrogens (tertiary/aromatic N) is 4. The Morgan fingerprint density at radius 2 is 1.07 bits per heavy atom. The maximum absolute atomic E-state index is 8.85. The highest BCUT2D eigenvalue weighted by atomic mass is 16.3. The third-order valence-corrected chi connectivity index (χ3v) is 10.8. The molecule has 0 N–H and O–H groups in total. The summed E-state index contributed by atoms with van der Waals surface area (Å²) in [7, 11) is 0. The zero-order chi connectivity index (χ0) is 46.9. The third kappa shape index (κ3) is 5.21. The van der Waals surface area contributed by atoms with Gasteiger partial charge < -0.3 is 8.98 Å². The molecule has 0 saturated carbocycles. The zero-order valence-electron chi connectivity index (χ0n) is 40.4. The summed E-state index contributed by atoms with van der Waals surface area (Å²) in [5.41, 5.74) is 5.41. The molecule has 0 amide bonds. The summed E-state index contributed by atoms with van der Waals surface area (Å²) in [5.74, 6) is -0.753. The van der Waals surface area contributed by atoms with Crippen LogP contribution in [-0.4, -0.2) is 19.5 Å². The summed E-state index contributed by atoms with van der Waals surface area (Å²) in [6.45, 7) is 0. The van der Waals surface area contributed by atoms with Crippen LogP contribution in [0.2, 0.25) is 0 Å². The first-order valence-corrected chi connectivity index (χ1v) is 18.7. The smallest absolute Gasteiger partial charge is 0.164 e. The highest BCUT2D eigenvalue weighted by Crippen LogP contribution is 2.41. The molecule has 3 heterocycles. The van der Waals surface area contributed by atoms with Gasteiger partial charge in [0.2, 0.25) is 0 Å². The molecule has 5 heteroatoms. The lowest BCUT2D eigenvalue weighted by Crippen LogP contribution is -2.00. The standard InChI is InChI=1S/C53H32N4O/c1-3-13-34(14-4-1)51-54-52(35-15-5-2-6-16-35)56-53(55-51)45-30-40(32-49-50(45)43-20-10-12-22-48(43)58-49)38-24-23-33-25-26-41(28-39(33)27-38)57-46-21-11-9-19-42(46)44-29-36-17-7-8-18-37(36)31-47(44)57/h1-32H/i1D,2D,3D,4D,5D,6D,13D,14D,15D,16D. The van der Waals surface area contributed by atoms with E-state index < -0.39 is 60.4 Å². The van der Waals surface area contributed by atoms with Crippen molar-refractivity contribution in [3.05, 3.63) is 194 Å². The van der Waals surface area contributed by atoms with E-state index >= 15 is 0 Å². The molecule has 270 valence electrons. The Balaban J connectivity index is 1.10. The Kier molecular flexibility index (Phi) is 5.29. The average Bonchev–Trinajstić information content (AvgIpc) is 3.90. The SMILES string of the molecule is [2H]c1c([2H])c([2H])c(-c2nc(-c3c([2H])c([2H])c([2H])c([2H])c3[2H])nc(-c3cc(-c4ccc5ccc(-n6c7ccccc7c7cc8ccccc8cc76)cc5c4)cc4oc5ccccc5c34)n2)c([2H])c1[2H]. The molecule has 0 fully saturated rings. The third-order valence-electron chi connectivity index (χ3n) is 10.8. The molecule has 0 atom stereocenters. The minimum absolute atomic E-state index is 0.0519. The number of aromatic nitrogens is 4. The van der Waals surface area contributed by atoms with E-state index in [0.717, 1.165) is 49.2 Å². The van der Waals surface area contributed by atoms with Gasteiger partial charge in [0.1, 0.15) is 11.2 Å². The van der Waals surface area contributed by atoms with Crippen molar-refractivity contribution in [2.45, 2.75) is 0 Å². The zero-order valence-corrected chi connectivity index (χ0v) is 30.4. The normalized spacial score (nSPS) is 14.2. The highest BCUT2D eigenvalue weighted by molar-refractivity contribution is 6.15. The molecule has 12 aromatic rings. The second-order valence-corrected chi connectivity index (χ2v) is 14.1. The first kappa shape index (κ1) is 23.9. The van der Waals surface area contributed by atoms with E-state index in [-0.39, 0.29) is 28.6 Å². The van der Waals surface area contributed by atoms with E-state index in [1.807, 2.05) is 54.6 Å². The van der Waals surface area contributed by atoms with Crippen LogP contribution in [0, 0.1) is 0 Å². The lowest BCUT2D eigenvalue weighted by molar-refractivity contribution is 0.669. The quantitative estimate of drug-likeness (QED) is 0.176. The van der Waals surface area contributed by atoms with Crippen LogP contribution in [0.1, 0.15) is 13.7 Å². The van der Waals surface area contributed by atoms with E-state index in [9.17, 15) is 0 Å². The lowest BCUT2D eigenvalue weighted by Gasteiger charge is -2.12. The molecule has 0 aliphatic rings. The number of para-hydroxylation sites is 2. The van der Waals surface area contributed by atoms with Crippen LogP contribution >= 0.6 is 0 Å². The number of rotatable bonds is 5. The molecule has 12 rings (SSSR count). The van der Waals surface area contributed by atoms with Crippen molar-refractivity contribution >= 4 is 65.3 Å². The molecular formula is C53H32N4O. The minimum Gasteiger partial charge on any atom is -0.456 e. The van der Waals surface area contributed by atoms with Crippen molar-refractivity contribution in [3.8, 4) is 51.0 Å². The Bertz CT molecular complexity index is 4040. The Labute approximate surface area is 347 Å². The maximum atomic E-state index is 8.85. The van der Waals surface area contributed by atoms with Gasteiger partial charge in [-0.15, -0.1) is 0 Å². The number of furan rings is 1. The molecule has 0 aliphatic heterocycles. The van der Waals surface area contributed by atoms with E-state index in [1.165, 1.54) is 5.39 Å². The molecule has 0 saturated heterocycles. The lowest BCUT2D eigenvalue weighted by atomic mass is 9.96. The van der Waals surface area contributed by atoms with Crippen LogP contribution in [0.3, 0.4) is 0 Å². The summed E-state index contributed by atoms with van der Waals surface area (Å²) >= 11 is 0. The van der Waals surface area contributed by atoms with Gasteiger partial charge in [-0.1, -0.05) is 139 Å². The molecule has 0 aliphatic carbocycles.